The minimum atomic E-state index is -0.245. The van der Waals surface area contributed by atoms with E-state index in [4.69, 9.17) is 4.74 Å². The van der Waals surface area contributed by atoms with Crippen molar-refractivity contribution in [1.82, 2.24) is 10.6 Å². The Labute approximate surface area is 132 Å². The maximum absolute atomic E-state index is 11.7. The normalized spacial score (nSPS) is 10.4. The Morgan fingerprint density at radius 3 is 2.45 bits per heavy atom. The molecule has 0 aromatic heterocycles. The summed E-state index contributed by atoms with van der Waals surface area (Å²) in [4.78, 5) is 23.2. The molecule has 122 valence electrons. The Morgan fingerprint density at radius 2 is 1.82 bits per heavy atom. The van der Waals surface area contributed by atoms with Gasteiger partial charge in [0.2, 0.25) is 11.8 Å². The van der Waals surface area contributed by atoms with Gasteiger partial charge in [0.05, 0.1) is 7.11 Å². The van der Waals surface area contributed by atoms with Crippen LogP contribution in [-0.2, 0) is 16.0 Å². The van der Waals surface area contributed by atoms with Crippen LogP contribution in [0.4, 0.5) is 0 Å². The first kappa shape index (κ1) is 18.0. The molecule has 5 heteroatoms. The van der Waals surface area contributed by atoms with Crippen molar-refractivity contribution in [3.63, 3.8) is 0 Å². The third kappa shape index (κ3) is 7.67. The molecule has 0 saturated carbocycles. The molecule has 1 rings (SSSR count). The van der Waals surface area contributed by atoms with Gasteiger partial charge in [-0.05, 0) is 36.5 Å². The van der Waals surface area contributed by atoms with Gasteiger partial charge in [0, 0.05) is 13.1 Å². The number of nitrogens with one attached hydrogen (secondary N) is 2. The Morgan fingerprint density at radius 1 is 1.14 bits per heavy atom. The molecule has 0 bridgehead atoms. The van der Waals surface area contributed by atoms with E-state index in [0.29, 0.717) is 25.4 Å². The summed E-state index contributed by atoms with van der Waals surface area (Å²) in [6, 6.07) is 7.71. The van der Waals surface area contributed by atoms with E-state index in [-0.39, 0.29) is 18.2 Å². The molecule has 0 aliphatic carbocycles. The topological polar surface area (TPSA) is 67.4 Å². The number of carbonyl (C=O) groups is 2. The summed E-state index contributed by atoms with van der Waals surface area (Å²) < 4.78 is 5.15. The van der Waals surface area contributed by atoms with Crippen molar-refractivity contribution in [1.29, 1.82) is 0 Å². The van der Waals surface area contributed by atoms with Crippen LogP contribution in [0, 0.1) is 5.92 Å². The molecule has 2 amide bonds. The van der Waals surface area contributed by atoms with Crippen molar-refractivity contribution in [3.8, 4) is 5.75 Å². The van der Waals surface area contributed by atoms with Crippen molar-refractivity contribution in [2.45, 2.75) is 33.1 Å². The number of rotatable bonds is 9. The molecule has 1 aromatic rings. The number of benzene rings is 1. The minimum Gasteiger partial charge on any atom is -0.497 e. The molecule has 0 saturated heterocycles. The standard InChI is InChI=1S/C17H26N2O3/c1-13(2)7-9-18-16(20)12-17(21)19-10-8-14-5-4-6-15(11-14)22-3/h4-6,11,13H,7-10,12H2,1-3H3,(H,18,20)(H,19,21). The van der Waals surface area contributed by atoms with Gasteiger partial charge in [-0.3, -0.25) is 9.59 Å². The predicted octanol–water partition coefficient (Wildman–Crippen LogP) is 1.91. The van der Waals surface area contributed by atoms with Gasteiger partial charge in [0.15, 0.2) is 0 Å². The number of hydrogen-bond acceptors (Lipinski definition) is 3. The SMILES string of the molecule is COc1cccc(CCNC(=O)CC(=O)NCCC(C)C)c1. The molecule has 2 N–H and O–H groups in total. The molecule has 1 aromatic carbocycles. The molecule has 22 heavy (non-hydrogen) atoms. The van der Waals surface area contributed by atoms with Gasteiger partial charge in [-0.25, -0.2) is 0 Å². The maximum atomic E-state index is 11.7. The highest BCUT2D eigenvalue weighted by molar-refractivity contribution is 5.96. The second-order valence-corrected chi connectivity index (χ2v) is 5.66. The molecule has 0 heterocycles. The summed E-state index contributed by atoms with van der Waals surface area (Å²) in [5.41, 5.74) is 1.08. The lowest BCUT2D eigenvalue weighted by atomic mass is 10.1. The van der Waals surface area contributed by atoms with Crippen LogP contribution < -0.4 is 15.4 Å². The first-order valence-electron chi connectivity index (χ1n) is 7.67. The fourth-order valence-corrected chi connectivity index (χ4v) is 1.95. The summed E-state index contributed by atoms with van der Waals surface area (Å²) in [5.74, 6) is 0.870. The number of hydrogen-bond donors (Lipinski definition) is 2. The van der Waals surface area contributed by atoms with Crippen molar-refractivity contribution < 1.29 is 14.3 Å². The van der Waals surface area contributed by atoms with Gasteiger partial charge in [0.1, 0.15) is 12.2 Å². The van der Waals surface area contributed by atoms with Gasteiger partial charge in [-0.1, -0.05) is 26.0 Å². The van der Waals surface area contributed by atoms with Crippen molar-refractivity contribution in [2.75, 3.05) is 20.2 Å². The second kappa shape index (κ2) is 9.82. The van der Waals surface area contributed by atoms with Crippen LogP contribution in [0.25, 0.3) is 0 Å². The van der Waals surface area contributed by atoms with E-state index >= 15 is 0 Å². The molecule has 5 nitrogen and oxygen atoms in total. The Hall–Kier alpha value is -2.04. The third-order valence-electron chi connectivity index (χ3n) is 3.23. The summed E-state index contributed by atoms with van der Waals surface area (Å²) in [5, 5.41) is 5.51. The lowest BCUT2D eigenvalue weighted by Crippen LogP contribution is -2.33. The average Bonchev–Trinajstić information content (AvgIpc) is 2.47. The van der Waals surface area contributed by atoms with Crippen LogP contribution in [0.1, 0.15) is 32.3 Å². The molecule has 0 atom stereocenters. The summed E-state index contributed by atoms with van der Waals surface area (Å²) in [6.07, 6.45) is 1.51. The summed E-state index contributed by atoms with van der Waals surface area (Å²) in [6.45, 7) is 5.31. The Balaban J connectivity index is 2.21. The Kier molecular flexibility index (Phi) is 8.04. The van der Waals surface area contributed by atoms with E-state index in [1.54, 1.807) is 7.11 Å². The maximum Gasteiger partial charge on any atom is 0.229 e. The zero-order valence-electron chi connectivity index (χ0n) is 13.6. The van der Waals surface area contributed by atoms with Crippen molar-refractivity contribution in [3.05, 3.63) is 29.8 Å². The van der Waals surface area contributed by atoms with Crippen molar-refractivity contribution >= 4 is 11.8 Å². The highest BCUT2D eigenvalue weighted by Gasteiger charge is 2.08. The lowest BCUT2D eigenvalue weighted by Gasteiger charge is -2.08. The van der Waals surface area contributed by atoms with E-state index in [1.807, 2.05) is 24.3 Å². The van der Waals surface area contributed by atoms with Crippen LogP contribution >= 0.6 is 0 Å². The van der Waals surface area contributed by atoms with E-state index in [2.05, 4.69) is 24.5 Å². The zero-order valence-corrected chi connectivity index (χ0v) is 13.6. The fraction of sp³-hybridized carbons (Fsp3) is 0.529. The smallest absolute Gasteiger partial charge is 0.229 e. The third-order valence-corrected chi connectivity index (χ3v) is 3.23. The van der Waals surface area contributed by atoms with Gasteiger partial charge < -0.3 is 15.4 Å². The van der Waals surface area contributed by atoms with Crippen LogP contribution in [0.5, 0.6) is 5.75 Å². The fourth-order valence-electron chi connectivity index (χ4n) is 1.95. The lowest BCUT2D eigenvalue weighted by molar-refractivity contribution is -0.129. The highest BCUT2D eigenvalue weighted by Crippen LogP contribution is 2.12. The van der Waals surface area contributed by atoms with Crippen LogP contribution in [0.2, 0.25) is 0 Å². The van der Waals surface area contributed by atoms with E-state index in [0.717, 1.165) is 17.7 Å². The van der Waals surface area contributed by atoms with Gasteiger partial charge in [-0.2, -0.15) is 0 Å². The van der Waals surface area contributed by atoms with Gasteiger partial charge in [0.25, 0.3) is 0 Å². The molecular formula is C17H26N2O3. The first-order valence-corrected chi connectivity index (χ1v) is 7.67. The van der Waals surface area contributed by atoms with E-state index < -0.39 is 0 Å². The molecule has 0 aliphatic rings. The van der Waals surface area contributed by atoms with Gasteiger partial charge >= 0.3 is 0 Å². The van der Waals surface area contributed by atoms with Crippen LogP contribution in [0.3, 0.4) is 0 Å². The molecule has 0 fully saturated rings. The van der Waals surface area contributed by atoms with E-state index in [9.17, 15) is 9.59 Å². The molecule has 0 aliphatic heterocycles. The number of carbonyl (C=O) groups excluding carboxylic acids is 2. The molecule has 0 spiro atoms. The van der Waals surface area contributed by atoms with Crippen LogP contribution in [-0.4, -0.2) is 32.0 Å². The summed E-state index contributed by atoms with van der Waals surface area (Å²) >= 11 is 0. The summed E-state index contributed by atoms with van der Waals surface area (Å²) in [7, 11) is 1.62. The predicted molar refractivity (Wildman–Crippen MR) is 86.8 cm³/mol. The monoisotopic (exact) mass is 306 g/mol. The molecule has 0 unspecified atom stereocenters. The average molecular weight is 306 g/mol. The first-order chi connectivity index (χ1) is 10.5. The highest BCUT2D eigenvalue weighted by atomic mass is 16.5. The number of ether oxygens (including phenoxy) is 1. The molecule has 0 radical (unpaired) electrons. The van der Waals surface area contributed by atoms with E-state index in [1.165, 1.54) is 0 Å². The molecular weight excluding hydrogens is 280 g/mol. The minimum absolute atomic E-state index is 0.115. The second-order valence-electron chi connectivity index (χ2n) is 5.66. The zero-order chi connectivity index (χ0) is 16.4. The largest absolute Gasteiger partial charge is 0.497 e. The van der Waals surface area contributed by atoms with Crippen molar-refractivity contribution in [2.24, 2.45) is 5.92 Å². The quantitative estimate of drug-likeness (QED) is 0.685. The number of methoxy groups -OCH3 is 1. The Bertz CT molecular complexity index is 487. The van der Waals surface area contributed by atoms with Gasteiger partial charge in [-0.15, -0.1) is 0 Å². The number of amides is 2. The van der Waals surface area contributed by atoms with Crippen LogP contribution in [0.15, 0.2) is 24.3 Å².